The van der Waals surface area contributed by atoms with Gasteiger partial charge in [0, 0.05) is 5.69 Å². The van der Waals surface area contributed by atoms with Gasteiger partial charge < -0.3 is 10.6 Å². The Morgan fingerprint density at radius 2 is 1.67 bits per heavy atom. The fourth-order valence-corrected chi connectivity index (χ4v) is 3.06. The molecule has 0 unspecified atom stereocenters. The van der Waals surface area contributed by atoms with Gasteiger partial charge in [-0.05, 0) is 29.7 Å². The van der Waals surface area contributed by atoms with E-state index in [2.05, 4.69) is 16.1 Å². The number of para-hydroxylation sites is 2. The highest BCUT2D eigenvalue weighted by Crippen LogP contribution is 2.33. The quantitative estimate of drug-likeness (QED) is 0.320. The lowest BCUT2D eigenvalue weighted by Crippen LogP contribution is -2.51. The molecule has 144 valence electrons. The van der Waals surface area contributed by atoms with Crippen LogP contribution in [0.2, 0.25) is 10.0 Å². The molecule has 2 aromatic rings. The standard InChI is InChI=1S/C19H22Cl2N4O2/c1-11(2)17(19(27)25-22)24-16(26)10-12-6-3-4-9-15(12)23-18-13(20)7-5-8-14(18)21/h3-9,11,17,23H,10,22H2,1-2H3,(H,24,26)(H,25,27)/t17-/m0/s1. The van der Waals surface area contributed by atoms with Gasteiger partial charge in [0.05, 0.1) is 22.2 Å². The van der Waals surface area contributed by atoms with E-state index in [1.54, 1.807) is 18.2 Å². The SMILES string of the molecule is CC(C)[C@H](NC(=O)Cc1ccccc1Nc1c(Cl)cccc1Cl)C(=O)NN. The molecule has 2 aromatic carbocycles. The van der Waals surface area contributed by atoms with E-state index in [0.717, 1.165) is 5.56 Å². The number of nitrogens with two attached hydrogens (primary N) is 1. The number of rotatable bonds is 7. The molecule has 1 atom stereocenters. The highest BCUT2D eigenvalue weighted by Gasteiger charge is 2.23. The van der Waals surface area contributed by atoms with Crippen LogP contribution in [-0.2, 0) is 16.0 Å². The summed E-state index contributed by atoms with van der Waals surface area (Å²) in [5.41, 5.74) is 4.08. The first-order chi connectivity index (χ1) is 12.8. The van der Waals surface area contributed by atoms with Crippen LogP contribution in [0.4, 0.5) is 11.4 Å². The molecule has 0 aliphatic carbocycles. The first kappa shape index (κ1) is 21.0. The Hall–Kier alpha value is -2.28. The first-order valence-electron chi connectivity index (χ1n) is 8.42. The van der Waals surface area contributed by atoms with Gasteiger partial charge in [-0.3, -0.25) is 15.0 Å². The maximum absolute atomic E-state index is 12.5. The largest absolute Gasteiger partial charge is 0.353 e. The summed E-state index contributed by atoms with van der Waals surface area (Å²) in [7, 11) is 0. The summed E-state index contributed by atoms with van der Waals surface area (Å²) >= 11 is 12.4. The fraction of sp³-hybridized carbons (Fsp3) is 0.263. The number of anilines is 2. The Labute approximate surface area is 168 Å². The van der Waals surface area contributed by atoms with Crippen molar-refractivity contribution in [2.75, 3.05) is 5.32 Å². The number of hydrogen-bond acceptors (Lipinski definition) is 4. The van der Waals surface area contributed by atoms with Crippen LogP contribution in [0.15, 0.2) is 42.5 Å². The van der Waals surface area contributed by atoms with E-state index in [9.17, 15) is 9.59 Å². The number of benzene rings is 2. The van der Waals surface area contributed by atoms with Gasteiger partial charge >= 0.3 is 0 Å². The second-order valence-corrected chi connectivity index (χ2v) is 7.17. The zero-order valence-corrected chi connectivity index (χ0v) is 16.6. The highest BCUT2D eigenvalue weighted by atomic mass is 35.5. The van der Waals surface area contributed by atoms with E-state index in [-0.39, 0.29) is 18.2 Å². The smallest absolute Gasteiger partial charge is 0.256 e. The predicted octanol–water partition coefficient (Wildman–Crippen LogP) is 3.41. The summed E-state index contributed by atoms with van der Waals surface area (Å²) in [5, 5.41) is 6.85. The average molecular weight is 409 g/mol. The Morgan fingerprint density at radius 1 is 1.04 bits per heavy atom. The minimum Gasteiger partial charge on any atom is -0.353 e. The summed E-state index contributed by atoms with van der Waals surface area (Å²) in [6.07, 6.45) is 0.0757. The molecule has 5 N–H and O–H groups in total. The molecule has 0 heterocycles. The van der Waals surface area contributed by atoms with Crippen LogP contribution in [0.25, 0.3) is 0 Å². The maximum atomic E-state index is 12.5. The number of hydrogen-bond donors (Lipinski definition) is 4. The number of carbonyl (C=O) groups excluding carboxylic acids is 2. The van der Waals surface area contributed by atoms with E-state index >= 15 is 0 Å². The zero-order valence-electron chi connectivity index (χ0n) is 15.1. The van der Waals surface area contributed by atoms with E-state index in [0.29, 0.717) is 21.4 Å². The average Bonchev–Trinajstić information content (AvgIpc) is 2.63. The van der Waals surface area contributed by atoms with E-state index in [1.165, 1.54) is 0 Å². The van der Waals surface area contributed by atoms with Gasteiger partial charge in [-0.1, -0.05) is 61.3 Å². The molecule has 0 spiro atoms. The van der Waals surface area contributed by atoms with Crippen molar-refractivity contribution in [1.82, 2.24) is 10.7 Å². The van der Waals surface area contributed by atoms with Crippen molar-refractivity contribution in [2.24, 2.45) is 11.8 Å². The van der Waals surface area contributed by atoms with Crippen LogP contribution >= 0.6 is 23.2 Å². The zero-order chi connectivity index (χ0) is 20.0. The van der Waals surface area contributed by atoms with E-state index in [4.69, 9.17) is 29.0 Å². The molecule has 0 saturated heterocycles. The third-order valence-corrected chi connectivity index (χ3v) is 4.63. The molecule has 2 rings (SSSR count). The normalized spacial score (nSPS) is 11.8. The molecule has 0 saturated carbocycles. The molecule has 0 aliphatic rings. The van der Waals surface area contributed by atoms with Crippen molar-refractivity contribution in [3.8, 4) is 0 Å². The van der Waals surface area contributed by atoms with Crippen molar-refractivity contribution in [2.45, 2.75) is 26.3 Å². The van der Waals surface area contributed by atoms with Gasteiger partial charge in [-0.2, -0.15) is 0 Å². The molecule has 0 bridgehead atoms. The fourth-order valence-electron chi connectivity index (χ4n) is 2.57. The number of hydrazine groups is 1. The molecular formula is C19H22Cl2N4O2. The Kier molecular flexibility index (Phi) is 7.47. The molecule has 0 fully saturated rings. The third-order valence-electron chi connectivity index (χ3n) is 4.00. The lowest BCUT2D eigenvalue weighted by Gasteiger charge is -2.21. The van der Waals surface area contributed by atoms with Crippen molar-refractivity contribution in [1.29, 1.82) is 0 Å². The second-order valence-electron chi connectivity index (χ2n) is 6.35. The number of carbonyl (C=O) groups is 2. The summed E-state index contributed by atoms with van der Waals surface area (Å²) in [6, 6.07) is 11.8. The summed E-state index contributed by atoms with van der Waals surface area (Å²) in [6.45, 7) is 3.66. The molecule has 6 nitrogen and oxygen atoms in total. The highest BCUT2D eigenvalue weighted by molar-refractivity contribution is 6.39. The van der Waals surface area contributed by atoms with Gasteiger partial charge in [0.2, 0.25) is 5.91 Å². The summed E-state index contributed by atoms with van der Waals surface area (Å²) in [4.78, 5) is 24.3. The van der Waals surface area contributed by atoms with E-state index in [1.807, 2.05) is 38.1 Å². The topological polar surface area (TPSA) is 96.2 Å². The lowest BCUT2D eigenvalue weighted by atomic mass is 10.0. The van der Waals surface area contributed by atoms with Gasteiger partial charge in [-0.15, -0.1) is 0 Å². The summed E-state index contributed by atoms with van der Waals surface area (Å²) < 4.78 is 0. The molecule has 0 radical (unpaired) electrons. The Balaban J connectivity index is 2.18. The Morgan fingerprint density at radius 3 is 2.26 bits per heavy atom. The third kappa shape index (κ3) is 5.60. The van der Waals surface area contributed by atoms with Crippen LogP contribution in [0, 0.1) is 5.92 Å². The Bertz CT molecular complexity index is 807. The molecule has 8 heteroatoms. The van der Waals surface area contributed by atoms with Crippen LogP contribution in [0.1, 0.15) is 19.4 Å². The minimum atomic E-state index is -0.708. The van der Waals surface area contributed by atoms with Gasteiger partial charge in [0.25, 0.3) is 5.91 Å². The van der Waals surface area contributed by atoms with Crippen LogP contribution < -0.4 is 21.9 Å². The van der Waals surface area contributed by atoms with Crippen LogP contribution in [0.5, 0.6) is 0 Å². The van der Waals surface area contributed by atoms with Crippen LogP contribution in [-0.4, -0.2) is 17.9 Å². The predicted molar refractivity (Wildman–Crippen MR) is 109 cm³/mol. The van der Waals surface area contributed by atoms with Gasteiger partial charge in [0.1, 0.15) is 6.04 Å². The number of amides is 2. The molecule has 27 heavy (non-hydrogen) atoms. The maximum Gasteiger partial charge on any atom is 0.256 e. The van der Waals surface area contributed by atoms with Gasteiger partial charge in [0.15, 0.2) is 0 Å². The monoisotopic (exact) mass is 408 g/mol. The second kappa shape index (κ2) is 9.60. The molecular weight excluding hydrogens is 387 g/mol. The molecule has 0 aliphatic heterocycles. The number of nitrogens with one attached hydrogen (secondary N) is 3. The van der Waals surface area contributed by atoms with E-state index < -0.39 is 11.9 Å². The van der Waals surface area contributed by atoms with Crippen molar-refractivity contribution < 1.29 is 9.59 Å². The minimum absolute atomic E-state index is 0.0757. The molecule has 2 amide bonds. The molecule has 0 aromatic heterocycles. The number of halogens is 2. The van der Waals surface area contributed by atoms with Crippen LogP contribution in [0.3, 0.4) is 0 Å². The van der Waals surface area contributed by atoms with Crippen molar-refractivity contribution in [3.63, 3.8) is 0 Å². The lowest BCUT2D eigenvalue weighted by molar-refractivity contribution is -0.129. The van der Waals surface area contributed by atoms with Gasteiger partial charge in [-0.25, -0.2) is 5.84 Å². The van der Waals surface area contributed by atoms with Crippen molar-refractivity contribution >= 4 is 46.4 Å². The van der Waals surface area contributed by atoms with Crippen molar-refractivity contribution in [3.05, 3.63) is 58.1 Å². The first-order valence-corrected chi connectivity index (χ1v) is 9.17. The summed E-state index contributed by atoms with van der Waals surface area (Å²) in [5.74, 6) is 4.36.